The lowest BCUT2D eigenvalue weighted by Gasteiger charge is -2.15. The number of thioether (sulfide) groups is 1. The normalized spacial score (nSPS) is 11.2. The molecule has 1 N–H and O–H groups in total. The van der Waals surface area contributed by atoms with E-state index in [1.807, 2.05) is 96.4 Å². The number of benzene rings is 4. The van der Waals surface area contributed by atoms with Gasteiger partial charge in [0.2, 0.25) is 5.75 Å². The van der Waals surface area contributed by atoms with Gasteiger partial charge in [0.15, 0.2) is 22.5 Å². The highest BCUT2D eigenvalue weighted by molar-refractivity contribution is 7.99. The molecule has 1 heterocycles. The Morgan fingerprint density at radius 1 is 0.791 bits per heavy atom. The van der Waals surface area contributed by atoms with Crippen LogP contribution in [0.25, 0.3) is 28.2 Å². The Kier molecular flexibility index (Phi) is 9.38. The molecule has 4 aromatic carbocycles. The molecule has 0 unspecified atom stereocenters. The summed E-state index contributed by atoms with van der Waals surface area (Å²) in [5, 5.41) is 13.8. The minimum Gasteiger partial charge on any atom is -0.493 e. The van der Waals surface area contributed by atoms with Gasteiger partial charge in [0.1, 0.15) is 0 Å². The van der Waals surface area contributed by atoms with Crippen LogP contribution in [0.4, 0.5) is 0 Å². The number of methoxy groups -OCH3 is 3. The van der Waals surface area contributed by atoms with Gasteiger partial charge in [-0.25, -0.2) is 5.43 Å². The summed E-state index contributed by atoms with van der Waals surface area (Å²) in [4.78, 5) is 12.8. The molecule has 0 aliphatic rings. The van der Waals surface area contributed by atoms with Gasteiger partial charge in [-0.05, 0) is 47.9 Å². The van der Waals surface area contributed by atoms with Gasteiger partial charge in [-0.15, -0.1) is 10.2 Å². The quantitative estimate of drug-likeness (QED) is 0.110. The maximum Gasteiger partial charge on any atom is 0.250 e. The van der Waals surface area contributed by atoms with E-state index in [-0.39, 0.29) is 11.7 Å². The molecule has 1 aromatic heterocycles. The topological polar surface area (TPSA) is 99.9 Å². The fourth-order valence-corrected chi connectivity index (χ4v) is 5.22. The van der Waals surface area contributed by atoms with Gasteiger partial charge in [0, 0.05) is 11.3 Å². The van der Waals surface area contributed by atoms with Crippen molar-refractivity contribution in [2.24, 2.45) is 5.10 Å². The van der Waals surface area contributed by atoms with Gasteiger partial charge in [0.05, 0.1) is 32.8 Å². The summed E-state index contributed by atoms with van der Waals surface area (Å²) >= 11 is 1.26. The lowest BCUT2D eigenvalue weighted by Crippen LogP contribution is -2.21. The molecule has 5 aromatic rings. The van der Waals surface area contributed by atoms with Gasteiger partial charge in [0.25, 0.3) is 5.91 Å². The van der Waals surface area contributed by atoms with Crippen LogP contribution in [-0.4, -0.2) is 53.5 Å². The Balaban J connectivity index is 1.33. The number of amides is 1. The van der Waals surface area contributed by atoms with E-state index in [4.69, 9.17) is 14.2 Å². The molecule has 5 rings (SSSR count). The van der Waals surface area contributed by atoms with Crippen molar-refractivity contribution in [1.82, 2.24) is 20.2 Å². The third-order valence-electron chi connectivity index (χ3n) is 6.66. The van der Waals surface area contributed by atoms with Crippen molar-refractivity contribution in [3.8, 4) is 45.5 Å². The first kappa shape index (κ1) is 29.4. The van der Waals surface area contributed by atoms with Crippen LogP contribution in [-0.2, 0) is 4.79 Å². The Morgan fingerprint density at radius 2 is 1.40 bits per heavy atom. The number of rotatable bonds is 11. The third kappa shape index (κ3) is 6.70. The fraction of sp³-hybridized carbons (Fsp3) is 0.152. The van der Waals surface area contributed by atoms with E-state index in [1.165, 1.54) is 11.8 Å². The second kappa shape index (κ2) is 13.7. The number of carbonyl (C=O) groups excluding carboxylic acids is 1. The summed E-state index contributed by atoms with van der Waals surface area (Å²) in [6, 6.07) is 31.6. The average Bonchev–Trinajstić information content (AvgIpc) is 3.50. The smallest absolute Gasteiger partial charge is 0.250 e. The molecule has 0 aliphatic heterocycles. The van der Waals surface area contributed by atoms with Gasteiger partial charge in [-0.3, -0.25) is 9.36 Å². The maximum atomic E-state index is 12.8. The molecule has 0 spiro atoms. The summed E-state index contributed by atoms with van der Waals surface area (Å²) in [5.74, 6) is 1.85. The molecular formula is C33H31N5O4S. The highest BCUT2D eigenvalue weighted by Gasteiger charge is 2.21. The van der Waals surface area contributed by atoms with Crippen LogP contribution in [0, 0.1) is 0 Å². The molecule has 10 heteroatoms. The van der Waals surface area contributed by atoms with E-state index < -0.39 is 0 Å². The molecular weight excluding hydrogens is 562 g/mol. The van der Waals surface area contributed by atoms with Crippen LogP contribution in [0.2, 0.25) is 0 Å². The second-order valence-corrected chi connectivity index (χ2v) is 10.3. The maximum absolute atomic E-state index is 12.8. The van der Waals surface area contributed by atoms with Crippen molar-refractivity contribution >= 4 is 23.4 Å². The molecule has 0 fully saturated rings. The van der Waals surface area contributed by atoms with Crippen molar-refractivity contribution in [3.63, 3.8) is 0 Å². The zero-order chi connectivity index (χ0) is 30.2. The first-order valence-electron chi connectivity index (χ1n) is 13.5. The van der Waals surface area contributed by atoms with E-state index in [9.17, 15) is 4.79 Å². The number of nitrogens with one attached hydrogen (secondary N) is 1. The molecule has 43 heavy (non-hydrogen) atoms. The number of para-hydroxylation sites is 1. The Morgan fingerprint density at radius 3 is 2.00 bits per heavy atom. The van der Waals surface area contributed by atoms with Crippen molar-refractivity contribution in [2.75, 3.05) is 27.1 Å². The zero-order valence-corrected chi connectivity index (χ0v) is 25.1. The van der Waals surface area contributed by atoms with Gasteiger partial charge >= 0.3 is 0 Å². The van der Waals surface area contributed by atoms with Crippen LogP contribution in [0.15, 0.2) is 107 Å². The van der Waals surface area contributed by atoms with Crippen LogP contribution in [0.1, 0.15) is 12.5 Å². The summed E-state index contributed by atoms with van der Waals surface area (Å²) in [7, 11) is 4.68. The lowest BCUT2D eigenvalue weighted by molar-refractivity contribution is -0.118. The molecule has 9 nitrogen and oxygen atoms in total. The largest absolute Gasteiger partial charge is 0.493 e. The van der Waals surface area contributed by atoms with Crippen molar-refractivity contribution in [3.05, 3.63) is 103 Å². The standard InChI is InChI=1S/C33H31N5O4S/c1-22(23-15-17-25(18-16-23)24-11-7-5-8-12-24)34-35-30(39)21-43-33-37-36-32(38(33)27-13-9-6-10-14-27)26-19-28(40-2)31(42-4)29(20-26)41-3/h5-20H,21H2,1-4H3,(H,35,39). The van der Waals surface area contributed by atoms with Gasteiger partial charge in [-0.2, -0.15) is 5.10 Å². The summed E-state index contributed by atoms with van der Waals surface area (Å²) in [5.41, 5.74) is 8.10. The minimum absolute atomic E-state index is 0.0872. The van der Waals surface area contributed by atoms with Gasteiger partial charge in [-0.1, -0.05) is 84.6 Å². The highest BCUT2D eigenvalue weighted by atomic mass is 32.2. The average molecular weight is 594 g/mol. The highest BCUT2D eigenvalue weighted by Crippen LogP contribution is 2.41. The van der Waals surface area contributed by atoms with Crippen molar-refractivity contribution in [1.29, 1.82) is 0 Å². The first-order chi connectivity index (χ1) is 21.0. The summed E-state index contributed by atoms with van der Waals surface area (Å²) in [6.45, 7) is 1.86. The minimum atomic E-state index is -0.262. The van der Waals surface area contributed by atoms with Crippen molar-refractivity contribution < 1.29 is 19.0 Å². The van der Waals surface area contributed by atoms with E-state index >= 15 is 0 Å². The van der Waals surface area contributed by atoms with Crippen LogP contribution < -0.4 is 19.6 Å². The summed E-state index contributed by atoms with van der Waals surface area (Å²) in [6.07, 6.45) is 0. The number of hydrogen-bond donors (Lipinski definition) is 1. The number of ether oxygens (including phenoxy) is 3. The number of hydrogen-bond acceptors (Lipinski definition) is 8. The molecule has 0 bridgehead atoms. The predicted octanol–water partition coefficient (Wildman–Crippen LogP) is 6.26. The molecule has 218 valence electrons. The van der Waals surface area contributed by atoms with Gasteiger partial charge < -0.3 is 14.2 Å². The summed E-state index contributed by atoms with van der Waals surface area (Å²) < 4.78 is 18.5. The van der Waals surface area contributed by atoms with E-state index in [2.05, 4.69) is 32.9 Å². The second-order valence-electron chi connectivity index (χ2n) is 9.36. The van der Waals surface area contributed by atoms with E-state index in [1.54, 1.807) is 21.3 Å². The van der Waals surface area contributed by atoms with E-state index in [0.717, 1.165) is 22.4 Å². The molecule has 0 saturated carbocycles. The molecule has 0 radical (unpaired) electrons. The Hall–Kier alpha value is -5.09. The molecule has 0 aliphatic carbocycles. The van der Waals surface area contributed by atoms with Crippen molar-refractivity contribution in [2.45, 2.75) is 12.1 Å². The molecule has 0 atom stereocenters. The lowest BCUT2D eigenvalue weighted by atomic mass is 10.0. The van der Waals surface area contributed by atoms with Crippen LogP contribution in [0.3, 0.4) is 0 Å². The monoisotopic (exact) mass is 593 g/mol. The molecule has 1 amide bonds. The SMILES string of the molecule is COc1cc(-c2nnc(SCC(=O)NN=C(C)c3ccc(-c4ccccc4)cc3)n2-c2ccccc2)cc(OC)c1OC. The molecule has 0 saturated heterocycles. The Bertz CT molecular complexity index is 1700. The Labute approximate surface area is 254 Å². The van der Waals surface area contributed by atoms with Crippen LogP contribution in [0.5, 0.6) is 17.2 Å². The van der Waals surface area contributed by atoms with Crippen LogP contribution >= 0.6 is 11.8 Å². The first-order valence-corrected chi connectivity index (χ1v) is 14.4. The predicted molar refractivity (Wildman–Crippen MR) is 169 cm³/mol. The van der Waals surface area contributed by atoms with E-state index in [0.29, 0.717) is 39.5 Å². The third-order valence-corrected chi connectivity index (χ3v) is 7.59. The number of hydrazone groups is 1. The fourth-order valence-electron chi connectivity index (χ4n) is 4.48. The number of aromatic nitrogens is 3. The zero-order valence-electron chi connectivity index (χ0n) is 24.3. The number of carbonyl (C=O) groups is 1. The number of nitrogens with zero attached hydrogens (tertiary/aromatic N) is 4.